The van der Waals surface area contributed by atoms with Crippen LogP contribution in [0.2, 0.25) is 0 Å². The van der Waals surface area contributed by atoms with Crippen molar-refractivity contribution in [1.82, 2.24) is 15.0 Å². The zero-order chi connectivity index (χ0) is 23.3. The van der Waals surface area contributed by atoms with E-state index >= 15 is 0 Å². The molecule has 172 valence electrons. The Labute approximate surface area is 186 Å². The van der Waals surface area contributed by atoms with Gasteiger partial charge < -0.3 is 15.0 Å². The van der Waals surface area contributed by atoms with E-state index in [4.69, 9.17) is 4.74 Å². The molecule has 1 aromatic carbocycles. The number of halogens is 4. The SMILES string of the molecule is Fc1cnc(N=NCc2cc(Nc3cccc(C(F)(F)F)c3)ccn2)nc1N1CCOCC1. The topological polar surface area (TPSA) is 87.9 Å². The van der Waals surface area contributed by atoms with Crippen molar-refractivity contribution in [3.63, 3.8) is 0 Å². The van der Waals surface area contributed by atoms with Gasteiger partial charge >= 0.3 is 6.18 Å². The van der Waals surface area contributed by atoms with Gasteiger partial charge in [-0.3, -0.25) is 4.98 Å². The van der Waals surface area contributed by atoms with Crippen molar-refractivity contribution in [3.05, 3.63) is 65.9 Å². The molecule has 0 bridgehead atoms. The summed E-state index contributed by atoms with van der Waals surface area (Å²) in [6, 6.07) is 8.16. The first-order valence-electron chi connectivity index (χ1n) is 10.0. The molecule has 0 amide bonds. The maximum absolute atomic E-state index is 14.1. The van der Waals surface area contributed by atoms with Crippen LogP contribution < -0.4 is 10.2 Å². The van der Waals surface area contributed by atoms with E-state index in [1.165, 1.54) is 18.3 Å². The third-order valence-corrected chi connectivity index (χ3v) is 4.71. The Bertz CT molecular complexity index is 1130. The number of anilines is 3. The highest BCUT2D eigenvalue weighted by Crippen LogP contribution is 2.31. The van der Waals surface area contributed by atoms with Gasteiger partial charge in [0.2, 0.25) is 0 Å². The standard InChI is InChI=1S/C21H19F4N7O/c22-18-13-27-20(30-19(18)32-6-8-33-9-7-32)31-28-12-17-11-16(4-5-26-17)29-15-3-1-2-14(10-15)21(23,24)25/h1-5,10-11,13H,6-9,12H2,(H,26,29). The first kappa shape index (κ1) is 22.5. The van der Waals surface area contributed by atoms with Gasteiger partial charge in [-0.1, -0.05) is 6.07 Å². The molecule has 1 N–H and O–H groups in total. The normalized spacial score (nSPS) is 14.6. The minimum absolute atomic E-state index is 0.0103. The van der Waals surface area contributed by atoms with Gasteiger partial charge in [0.05, 0.1) is 30.7 Å². The van der Waals surface area contributed by atoms with Crippen molar-refractivity contribution in [2.75, 3.05) is 36.5 Å². The zero-order valence-electron chi connectivity index (χ0n) is 17.3. The van der Waals surface area contributed by atoms with Crippen molar-refractivity contribution in [2.24, 2.45) is 10.2 Å². The Balaban J connectivity index is 1.42. The highest BCUT2D eigenvalue weighted by Gasteiger charge is 2.30. The molecular weight excluding hydrogens is 442 g/mol. The Hall–Kier alpha value is -3.67. The van der Waals surface area contributed by atoms with Gasteiger partial charge in [-0.15, -0.1) is 5.11 Å². The van der Waals surface area contributed by atoms with Crippen molar-refractivity contribution < 1.29 is 22.3 Å². The molecule has 0 spiro atoms. The molecule has 1 aliphatic rings. The molecular formula is C21H19F4N7O. The summed E-state index contributed by atoms with van der Waals surface area (Å²) in [6.07, 6.45) is -1.87. The molecule has 0 aliphatic carbocycles. The Kier molecular flexibility index (Phi) is 6.73. The fourth-order valence-electron chi connectivity index (χ4n) is 3.15. The Morgan fingerprint density at radius 1 is 1.06 bits per heavy atom. The largest absolute Gasteiger partial charge is 0.416 e. The predicted octanol–water partition coefficient (Wildman–Crippen LogP) is 4.89. The van der Waals surface area contributed by atoms with Crippen LogP contribution in [0, 0.1) is 5.82 Å². The summed E-state index contributed by atoms with van der Waals surface area (Å²) in [6.45, 7) is 2.07. The Morgan fingerprint density at radius 2 is 1.85 bits per heavy atom. The molecule has 2 aromatic heterocycles. The van der Waals surface area contributed by atoms with Crippen LogP contribution in [0.25, 0.3) is 0 Å². The van der Waals surface area contributed by atoms with Gasteiger partial charge in [-0.05, 0) is 30.3 Å². The second-order valence-corrected chi connectivity index (χ2v) is 7.08. The van der Waals surface area contributed by atoms with Gasteiger partial charge in [-0.25, -0.2) is 9.37 Å². The third-order valence-electron chi connectivity index (χ3n) is 4.71. The van der Waals surface area contributed by atoms with E-state index in [2.05, 4.69) is 30.5 Å². The zero-order valence-corrected chi connectivity index (χ0v) is 17.3. The van der Waals surface area contributed by atoms with Gasteiger partial charge in [0.25, 0.3) is 5.95 Å². The number of alkyl halides is 3. The number of hydrogen-bond acceptors (Lipinski definition) is 8. The quantitative estimate of drug-likeness (QED) is 0.415. The number of nitrogens with zero attached hydrogens (tertiary/aromatic N) is 6. The molecule has 4 rings (SSSR count). The van der Waals surface area contributed by atoms with E-state index in [-0.39, 0.29) is 18.3 Å². The predicted molar refractivity (Wildman–Crippen MR) is 112 cm³/mol. The summed E-state index contributed by atoms with van der Waals surface area (Å²) in [5.41, 5.74) is 0.610. The van der Waals surface area contributed by atoms with Gasteiger partial charge in [0.15, 0.2) is 11.6 Å². The molecule has 33 heavy (non-hydrogen) atoms. The van der Waals surface area contributed by atoms with Crippen LogP contribution in [-0.4, -0.2) is 41.3 Å². The fourth-order valence-corrected chi connectivity index (χ4v) is 3.15. The average Bonchev–Trinajstić information content (AvgIpc) is 2.81. The number of aromatic nitrogens is 3. The van der Waals surface area contributed by atoms with E-state index in [9.17, 15) is 17.6 Å². The maximum atomic E-state index is 14.1. The van der Waals surface area contributed by atoms with E-state index in [1.807, 2.05) is 0 Å². The summed E-state index contributed by atoms with van der Waals surface area (Å²) in [4.78, 5) is 13.9. The lowest BCUT2D eigenvalue weighted by atomic mass is 10.2. The number of azo groups is 1. The second-order valence-electron chi connectivity index (χ2n) is 7.08. The van der Waals surface area contributed by atoms with Crippen molar-refractivity contribution in [1.29, 1.82) is 0 Å². The lowest BCUT2D eigenvalue weighted by molar-refractivity contribution is -0.137. The van der Waals surface area contributed by atoms with Crippen LogP contribution in [-0.2, 0) is 17.5 Å². The number of pyridine rings is 1. The minimum Gasteiger partial charge on any atom is -0.378 e. The van der Waals surface area contributed by atoms with Crippen LogP contribution in [0.5, 0.6) is 0 Å². The monoisotopic (exact) mass is 461 g/mol. The fraction of sp³-hybridized carbons (Fsp3) is 0.286. The first-order chi connectivity index (χ1) is 15.9. The summed E-state index contributed by atoms with van der Waals surface area (Å²) in [5.74, 6) is -0.394. The lowest BCUT2D eigenvalue weighted by Gasteiger charge is -2.27. The maximum Gasteiger partial charge on any atom is 0.416 e. The molecule has 0 atom stereocenters. The molecule has 8 nitrogen and oxygen atoms in total. The van der Waals surface area contributed by atoms with E-state index in [0.29, 0.717) is 43.4 Å². The molecule has 0 unspecified atom stereocenters. The minimum atomic E-state index is -4.43. The highest BCUT2D eigenvalue weighted by atomic mass is 19.4. The van der Waals surface area contributed by atoms with Gasteiger partial charge in [-0.2, -0.15) is 23.3 Å². The van der Waals surface area contributed by atoms with Gasteiger partial charge in [0.1, 0.15) is 6.54 Å². The van der Waals surface area contributed by atoms with E-state index < -0.39 is 17.6 Å². The Morgan fingerprint density at radius 3 is 2.64 bits per heavy atom. The molecule has 12 heteroatoms. The number of rotatable bonds is 6. The van der Waals surface area contributed by atoms with Crippen LogP contribution in [0.1, 0.15) is 11.3 Å². The van der Waals surface area contributed by atoms with Gasteiger partial charge in [0, 0.05) is 30.7 Å². The van der Waals surface area contributed by atoms with E-state index in [0.717, 1.165) is 18.3 Å². The molecule has 0 saturated carbocycles. The third kappa shape index (κ3) is 5.98. The average molecular weight is 461 g/mol. The number of ether oxygens (including phenoxy) is 1. The van der Waals surface area contributed by atoms with E-state index in [1.54, 1.807) is 17.0 Å². The summed E-state index contributed by atoms with van der Waals surface area (Å²) >= 11 is 0. The number of hydrogen-bond donors (Lipinski definition) is 1. The van der Waals surface area contributed by atoms with Crippen molar-refractivity contribution in [3.8, 4) is 0 Å². The summed E-state index contributed by atoms with van der Waals surface area (Å²) in [7, 11) is 0. The summed E-state index contributed by atoms with van der Waals surface area (Å²) in [5, 5.41) is 10.9. The number of morpholine rings is 1. The molecule has 0 radical (unpaired) electrons. The highest BCUT2D eigenvalue weighted by molar-refractivity contribution is 5.60. The number of nitrogens with one attached hydrogen (secondary N) is 1. The van der Waals surface area contributed by atoms with Crippen LogP contribution in [0.15, 0.2) is 59.0 Å². The first-order valence-corrected chi connectivity index (χ1v) is 10.0. The van der Waals surface area contributed by atoms with Crippen molar-refractivity contribution in [2.45, 2.75) is 12.7 Å². The molecule has 3 aromatic rings. The molecule has 1 fully saturated rings. The smallest absolute Gasteiger partial charge is 0.378 e. The molecule has 1 aliphatic heterocycles. The lowest BCUT2D eigenvalue weighted by Crippen LogP contribution is -2.37. The van der Waals surface area contributed by atoms with Crippen LogP contribution in [0.3, 0.4) is 0 Å². The summed E-state index contributed by atoms with van der Waals surface area (Å²) < 4.78 is 58.1. The van der Waals surface area contributed by atoms with Crippen molar-refractivity contribution >= 4 is 23.1 Å². The number of benzene rings is 1. The second kappa shape index (κ2) is 9.86. The van der Waals surface area contributed by atoms with Crippen LogP contribution in [0.4, 0.5) is 40.7 Å². The molecule has 1 saturated heterocycles. The molecule has 3 heterocycles. The van der Waals surface area contributed by atoms with Crippen LogP contribution >= 0.6 is 0 Å².